The Morgan fingerprint density at radius 3 is 2.44 bits per heavy atom. The second kappa shape index (κ2) is 7.61. The van der Waals surface area contributed by atoms with Gasteiger partial charge in [0.05, 0.1) is 44.0 Å². The van der Waals surface area contributed by atoms with Crippen LogP contribution in [0.4, 0.5) is 0 Å². The lowest BCUT2D eigenvalue weighted by Gasteiger charge is -2.36. The van der Waals surface area contributed by atoms with Gasteiger partial charge in [-0.2, -0.15) is 4.31 Å². The molecule has 2 fully saturated rings. The Bertz CT molecular complexity index is 715. The molecule has 1 unspecified atom stereocenters. The fraction of sp³-hybridized carbons (Fsp3) is 0.588. The van der Waals surface area contributed by atoms with E-state index in [1.165, 1.54) is 21.3 Å². The molecule has 0 saturated carbocycles. The van der Waals surface area contributed by atoms with Gasteiger partial charge in [0.2, 0.25) is 15.9 Å². The van der Waals surface area contributed by atoms with Gasteiger partial charge in [-0.25, -0.2) is 8.42 Å². The zero-order valence-corrected chi connectivity index (χ0v) is 16.0. The largest absolute Gasteiger partial charge is 0.334 e. The van der Waals surface area contributed by atoms with Gasteiger partial charge in [0.1, 0.15) is 0 Å². The Labute approximate surface area is 154 Å². The highest BCUT2D eigenvalue weighted by Gasteiger charge is 2.36. The van der Waals surface area contributed by atoms with E-state index in [0.717, 1.165) is 32.6 Å². The number of amides is 1. The summed E-state index contributed by atoms with van der Waals surface area (Å²) >= 11 is 5.85. The van der Waals surface area contributed by atoms with Crippen molar-refractivity contribution in [1.29, 1.82) is 0 Å². The Hall–Kier alpha value is -1.15. The molecule has 1 amide bonds. The quantitative estimate of drug-likeness (QED) is 0.801. The lowest BCUT2D eigenvalue weighted by Crippen LogP contribution is -3.12. The summed E-state index contributed by atoms with van der Waals surface area (Å²) < 4.78 is 27.1. The topological polar surface area (TPSA) is 62.1 Å². The van der Waals surface area contributed by atoms with Gasteiger partial charge < -0.3 is 9.80 Å². The number of quaternary nitrogens is 1. The first kappa shape index (κ1) is 18.6. The van der Waals surface area contributed by atoms with Crippen LogP contribution < -0.4 is 4.90 Å². The van der Waals surface area contributed by atoms with Crippen LogP contribution in [0.25, 0.3) is 0 Å². The summed E-state index contributed by atoms with van der Waals surface area (Å²) in [6, 6.07) is 6.19. The number of nitrogens with zero attached hydrogens (tertiary/aromatic N) is 2. The predicted octanol–water partition coefficient (Wildman–Crippen LogP) is 0.0976. The first-order chi connectivity index (χ1) is 11.9. The van der Waals surface area contributed by atoms with Crippen molar-refractivity contribution in [2.75, 3.05) is 46.3 Å². The maximum atomic E-state index is 12.8. The second-order valence-electron chi connectivity index (χ2n) is 6.94. The molecule has 0 spiro atoms. The highest BCUT2D eigenvalue weighted by atomic mass is 35.5. The number of carbonyl (C=O) groups excluding carboxylic acids is 1. The first-order valence-electron chi connectivity index (χ1n) is 8.74. The minimum atomic E-state index is -3.58. The molecule has 2 aliphatic rings. The van der Waals surface area contributed by atoms with Crippen LogP contribution in [0.2, 0.25) is 5.02 Å². The third-order valence-corrected chi connectivity index (χ3v) is 7.24. The first-order valence-corrected chi connectivity index (χ1v) is 10.6. The highest BCUT2D eigenvalue weighted by molar-refractivity contribution is 7.89. The summed E-state index contributed by atoms with van der Waals surface area (Å²) in [7, 11) is -1.46. The Balaban J connectivity index is 1.70. The van der Waals surface area contributed by atoms with Gasteiger partial charge in [-0.05, 0) is 37.1 Å². The minimum absolute atomic E-state index is 0.100. The number of rotatable bonds is 3. The fourth-order valence-corrected chi connectivity index (χ4v) is 5.13. The molecule has 1 atom stereocenters. The zero-order valence-electron chi connectivity index (χ0n) is 14.4. The molecule has 0 radical (unpaired) electrons. The number of sulfonamides is 1. The Morgan fingerprint density at radius 2 is 1.80 bits per heavy atom. The summed E-state index contributed by atoms with van der Waals surface area (Å²) in [6.45, 7) is 4.14. The van der Waals surface area contributed by atoms with Gasteiger partial charge in [-0.1, -0.05) is 11.6 Å². The normalized spacial score (nSPS) is 23.6. The number of halogens is 1. The van der Waals surface area contributed by atoms with Crippen LogP contribution in [0.1, 0.15) is 12.8 Å². The molecule has 1 aromatic rings. The number of nitrogens with one attached hydrogen (secondary N) is 1. The number of likely N-dealkylation sites (N-methyl/N-ethyl adjacent to an activating group) is 1. The van der Waals surface area contributed by atoms with Gasteiger partial charge in [0, 0.05) is 18.1 Å². The molecule has 3 rings (SSSR count). The van der Waals surface area contributed by atoms with Gasteiger partial charge in [-0.3, -0.25) is 4.79 Å². The van der Waals surface area contributed by atoms with E-state index in [0.29, 0.717) is 18.0 Å². The minimum Gasteiger partial charge on any atom is -0.334 e. The van der Waals surface area contributed by atoms with Gasteiger partial charge in [0.25, 0.3) is 0 Å². The van der Waals surface area contributed by atoms with Crippen LogP contribution in [-0.2, 0) is 14.8 Å². The van der Waals surface area contributed by atoms with Crippen molar-refractivity contribution in [2.24, 2.45) is 5.92 Å². The summed E-state index contributed by atoms with van der Waals surface area (Å²) in [5.74, 6) is -0.141. The summed E-state index contributed by atoms with van der Waals surface area (Å²) in [6.07, 6.45) is 1.47. The van der Waals surface area contributed by atoms with E-state index in [-0.39, 0.29) is 23.3 Å². The number of piperidine rings is 1. The molecule has 138 valence electrons. The molecular formula is C17H25ClN3O3S+. The SMILES string of the molecule is C[NH+]1CCN(C(=O)C2CCCN(S(=O)(=O)c3ccc(Cl)cc3)C2)CC1. The van der Waals surface area contributed by atoms with E-state index < -0.39 is 10.0 Å². The van der Waals surface area contributed by atoms with Crippen LogP contribution in [0.15, 0.2) is 29.2 Å². The molecule has 2 saturated heterocycles. The predicted molar refractivity (Wildman–Crippen MR) is 96.1 cm³/mol. The molecule has 1 N–H and O–H groups in total. The highest BCUT2D eigenvalue weighted by Crippen LogP contribution is 2.25. The van der Waals surface area contributed by atoms with E-state index in [9.17, 15) is 13.2 Å². The van der Waals surface area contributed by atoms with Gasteiger partial charge >= 0.3 is 0 Å². The molecule has 6 nitrogen and oxygen atoms in total. The van der Waals surface area contributed by atoms with E-state index in [1.54, 1.807) is 12.1 Å². The maximum Gasteiger partial charge on any atom is 0.243 e. The maximum absolute atomic E-state index is 12.8. The molecule has 0 aliphatic carbocycles. The zero-order chi connectivity index (χ0) is 18.0. The lowest BCUT2D eigenvalue weighted by atomic mass is 9.98. The van der Waals surface area contributed by atoms with Crippen molar-refractivity contribution in [1.82, 2.24) is 9.21 Å². The lowest BCUT2D eigenvalue weighted by molar-refractivity contribution is -0.883. The van der Waals surface area contributed by atoms with E-state index in [1.807, 2.05) is 4.90 Å². The van der Waals surface area contributed by atoms with Crippen LogP contribution in [0.5, 0.6) is 0 Å². The number of piperazine rings is 1. The van der Waals surface area contributed by atoms with Crippen molar-refractivity contribution in [3.05, 3.63) is 29.3 Å². The molecule has 8 heteroatoms. The standard InChI is InChI=1S/C17H24ClN3O3S/c1-19-9-11-20(12-10-19)17(22)14-3-2-8-21(13-14)25(23,24)16-6-4-15(18)5-7-16/h4-7,14H,2-3,8-13H2,1H3/p+1. The fourth-order valence-electron chi connectivity index (χ4n) is 3.48. The van der Waals surface area contributed by atoms with Crippen molar-refractivity contribution in [2.45, 2.75) is 17.7 Å². The van der Waals surface area contributed by atoms with Crippen LogP contribution in [-0.4, -0.2) is 69.8 Å². The van der Waals surface area contributed by atoms with Gasteiger partial charge in [0.15, 0.2) is 0 Å². The van der Waals surface area contributed by atoms with Gasteiger partial charge in [-0.15, -0.1) is 0 Å². The molecule has 25 heavy (non-hydrogen) atoms. The molecular weight excluding hydrogens is 362 g/mol. The second-order valence-corrected chi connectivity index (χ2v) is 9.31. The van der Waals surface area contributed by atoms with Crippen molar-refractivity contribution >= 4 is 27.5 Å². The Morgan fingerprint density at radius 1 is 1.16 bits per heavy atom. The van der Waals surface area contributed by atoms with Crippen molar-refractivity contribution < 1.29 is 18.1 Å². The van der Waals surface area contributed by atoms with Crippen LogP contribution >= 0.6 is 11.6 Å². The average Bonchev–Trinajstić information content (AvgIpc) is 2.62. The average molecular weight is 387 g/mol. The molecule has 2 heterocycles. The number of hydrogen-bond acceptors (Lipinski definition) is 3. The number of hydrogen-bond donors (Lipinski definition) is 1. The molecule has 0 bridgehead atoms. The smallest absolute Gasteiger partial charge is 0.243 e. The molecule has 0 aromatic heterocycles. The van der Waals surface area contributed by atoms with Crippen molar-refractivity contribution in [3.8, 4) is 0 Å². The molecule has 2 aliphatic heterocycles. The monoisotopic (exact) mass is 386 g/mol. The number of carbonyl (C=O) groups is 1. The summed E-state index contributed by atoms with van der Waals surface area (Å²) in [5, 5.41) is 0.503. The third kappa shape index (κ3) is 4.16. The van der Waals surface area contributed by atoms with Crippen LogP contribution in [0, 0.1) is 5.92 Å². The van der Waals surface area contributed by atoms with Crippen molar-refractivity contribution in [3.63, 3.8) is 0 Å². The summed E-state index contributed by atoms with van der Waals surface area (Å²) in [4.78, 5) is 16.4. The molecule has 1 aromatic carbocycles. The Kier molecular flexibility index (Phi) is 5.68. The van der Waals surface area contributed by atoms with E-state index in [2.05, 4.69) is 7.05 Å². The summed E-state index contributed by atoms with van der Waals surface area (Å²) in [5.41, 5.74) is 0. The number of benzene rings is 1. The van der Waals surface area contributed by atoms with E-state index >= 15 is 0 Å². The van der Waals surface area contributed by atoms with Crippen LogP contribution in [0.3, 0.4) is 0 Å². The van der Waals surface area contributed by atoms with E-state index in [4.69, 9.17) is 11.6 Å². The third-order valence-electron chi connectivity index (χ3n) is 5.11.